The van der Waals surface area contributed by atoms with E-state index in [-0.39, 0.29) is 18.4 Å². The maximum Gasteiger partial charge on any atom is 0.239 e. The van der Waals surface area contributed by atoms with Crippen molar-refractivity contribution in [1.29, 1.82) is 0 Å². The van der Waals surface area contributed by atoms with Crippen molar-refractivity contribution in [3.05, 3.63) is 47.5 Å². The van der Waals surface area contributed by atoms with E-state index in [0.717, 1.165) is 12.0 Å². The average molecular weight is 295 g/mol. The molecule has 0 aliphatic carbocycles. The van der Waals surface area contributed by atoms with Gasteiger partial charge < -0.3 is 10.2 Å². The van der Waals surface area contributed by atoms with Crippen molar-refractivity contribution < 1.29 is 9.59 Å². The fourth-order valence-electron chi connectivity index (χ4n) is 1.69. The lowest BCUT2D eigenvalue weighted by Crippen LogP contribution is -2.40. The van der Waals surface area contributed by atoms with Gasteiger partial charge in [0.05, 0.1) is 6.54 Å². The van der Waals surface area contributed by atoms with Gasteiger partial charge in [0.15, 0.2) is 0 Å². The van der Waals surface area contributed by atoms with Crippen molar-refractivity contribution in [1.82, 2.24) is 10.2 Å². The van der Waals surface area contributed by atoms with Gasteiger partial charge in [-0.3, -0.25) is 9.59 Å². The molecule has 0 radical (unpaired) electrons. The Morgan fingerprint density at radius 2 is 2.00 bits per heavy atom. The molecule has 108 valence electrons. The van der Waals surface area contributed by atoms with Crippen LogP contribution in [0.15, 0.2) is 36.9 Å². The number of carbonyl (C=O) groups is 2. The standard InChI is InChI=1S/C15H19ClN2O2/c1-3-10-18(12(2)19)11-15(20)17-9-8-13-4-6-14(16)7-5-13/h3-7H,1,8-11H2,2H3,(H,17,20). The monoisotopic (exact) mass is 294 g/mol. The van der Waals surface area contributed by atoms with Crippen LogP contribution < -0.4 is 5.32 Å². The first-order valence-corrected chi connectivity index (χ1v) is 6.78. The van der Waals surface area contributed by atoms with Crippen LogP contribution in [-0.2, 0) is 16.0 Å². The fraction of sp³-hybridized carbons (Fsp3) is 0.333. The van der Waals surface area contributed by atoms with Crippen LogP contribution in [0.25, 0.3) is 0 Å². The Hall–Kier alpha value is -1.81. The molecule has 1 N–H and O–H groups in total. The summed E-state index contributed by atoms with van der Waals surface area (Å²) >= 11 is 5.80. The van der Waals surface area contributed by atoms with Crippen LogP contribution >= 0.6 is 11.6 Å². The molecule has 20 heavy (non-hydrogen) atoms. The first-order valence-electron chi connectivity index (χ1n) is 6.40. The molecule has 5 heteroatoms. The van der Waals surface area contributed by atoms with Crippen LogP contribution in [0.3, 0.4) is 0 Å². The molecule has 1 aromatic carbocycles. The first kappa shape index (κ1) is 16.2. The van der Waals surface area contributed by atoms with Gasteiger partial charge in [0.1, 0.15) is 0 Å². The zero-order valence-corrected chi connectivity index (χ0v) is 12.3. The molecule has 0 bridgehead atoms. The highest BCUT2D eigenvalue weighted by Crippen LogP contribution is 2.09. The van der Waals surface area contributed by atoms with Gasteiger partial charge in [0.25, 0.3) is 0 Å². The summed E-state index contributed by atoms with van der Waals surface area (Å²) in [5.74, 6) is -0.311. The van der Waals surface area contributed by atoms with Gasteiger partial charge in [-0.05, 0) is 24.1 Å². The van der Waals surface area contributed by atoms with Crippen LogP contribution in [0.4, 0.5) is 0 Å². The van der Waals surface area contributed by atoms with E-state index in [1.807, 2.05) is 24.3 Å². The largest absolute Gasteiger partial charge is 0.354 e. The summed E-state index contributed by atoms with van der Waals surface area (Å²) in [4.78, 5) is 24.4. The smallest absolute Gasteiger partial charge is 0.239 e. The summed E-state index contributed by atoms with van der Waals surface area (Å²) in [5.41, 5.74) is 1.10. The average Bonchev–Trinajstić information content (AvgIpc) is 2.40. The van der Waals surface area contributed by atoms with Crippen molar-refractivity contribution in [2.24, 2.45) is 0 Å². The number of benzene rings is 1. The van der Waals surface area contributed by atoms with E-state index in [1.165, 1.54) is 11.8 Å². The molecule has 1 rings (SSSR count). The van der Waals surface area contributed by atoms with E-state index in [1.54, 1.807) is 6.08 Å². The molecular weight excluding hydrogens is 276 g/mol. The molecule has 0 atom stereocenters. The number of amides is 2. The zero-order chi connectivity index (χ0) is 15.0. The highest BCUT2D eigenvalue weighted by molar-refractivity contribution is 6.30. The second-order valence-electron chi connectivity index (χ2n) is 4.41. The van der Waals surface area contributed by atoms with E-state index in [2.05, 4.69) is 11.9 Å². The van der Waals surface area contributed by atoms with Crippen LogP contribution in [0.2, 0.25) is 5.02 Å². The molecule has 0 heterocycles. The van der Waals surface area contributed by atoms with E-state index in [4.69, 9.17) is 11.6 Å². The third-order valence-corrected chi connectivity index (χ3v) is 3.03. The summed E-state index contributed by atoms with van der Waals surface area (Å²) in [5, 5.41) is 3.48. The molecule has 0 aliphatic heterocycles. The van der Waals surface area contributed by atoms with Crippen LogP contribution in [-0.4, -0.2) is 36.3 Å². The van der Waals surface area contributed by atoms with Crippen LogP contribution in [0.1, 0.15) is 12.5 Å². The minimum atomic E-state index is -0.170. The van der Waals surface area contributed by atoms with Crippen molar-refractivity contribution in [3.8, 4) is 0 Å². The zero-order valence-electron chi connectivity index (χ0n) is 11.6. The minimum Gasteiger partial charge on any atom is -0.354 e. The second-order valence-corrected chi connectivity index (χ2v) is 4.85. The number of nitrogens with one attached hydrogen (secondary N) is 1. The summed E-state index contributed by atoms with van der Waals surface area (Å²) in [7, 11) is 0. The summed E-state index contributed by atoms with van der Waals surface area (Å²) in [6.45, 7) is 5.96. The Labute approximate surface area is 124 Å². The Morgan fingerprint density at radius 1 is 1.35 bits per heavy atom. The molecule has 0 saturated heterocycles. The molecule has 0 aromatic heterocycles. The number of rotatable bonds is 7. The molecule has 0 unspecified atom stereocenters. The lowest BCUT2D eigenvalue weighted by molar-refractivity contribution is -0.133. The summed E-state index contributed by atoms with van der Waals surface area (Å²) < 4.78 is 0. The van der Waals surface area contributed by atoms with E-state index in [9.17, 15) is 9.59 Å². The van der Waals surface area contributed by atoms with E-state index in [0.29, 0.717) is 18.1 Å². The third-order valence-electron chi connectivity index (χ3n) is 2.78. The van der Waals surface area contributed by atoms with Gasteiger partial charge in [0.2, 0.25) is 11.8 Å². The molecular formula is C15H19ClN2O2. The topological polar surface area (TPSA) is 49.4 Å². The Kier molecular flexibility index (Phi) is 6.81. The molecule has 1 aromatic rings. The van der Waals surface area contributed by atoms with Gasteiger partial charge in [-0.1, -0.05) is 29.8 Å². The Balaban J connectivity index is 2.33. The number of hydrogen-bond donors (Lipinski definition) is 1. The van der Waals surface area contributed by atoms with Crippen molar-refractivity contribution in [2.45, 2.75) is 13.3 Å². The maximum atomic E-state index is 11.7. The molecule has 2 amide bonds. The quantitative estimate of drug-likeness (QED) is 0.782. The Bertz CT molecular complexity index is 471. The number of nitrogens with zero attached hydrogens (tertiary/aromatic N) is 1. The predicted molar refractivity (Wildman–Crippen MR) is 80.6 cm³/mol. The predicted octanol–water partition coefficient (Wildman–Crippen LogP) is 2.03. The molecule has 0 spiro atoms. The summed E-state index contributed by atoms with van der Waals surface area (Å²) in [6, 6.07) is 7.49. The highest BCUT2D eigenvalue weighted by Gasteiger charge is 2.11. The number of halogens is 1. The summed E-state index contributed by atoms with van der Waals surface area (Å²) in [6.07, 6.45) is 2.33. The second kappa shape index (κ2) is 8.38. The van der Waals surface area contributed by atoms with Gasteiger partial charge in [-0.15, -0.1) is 6.58 Å². The van der Waals surface area contributed by atoms with E-state index < -0.39 is 0 Å². The molecule has 0 aliphatic rings. The first-order chi connectivity index (χ1) is 9.52. The lowest BCUT2D eigenvalue weighted by Gasteiger charge is -2.18. The minimum absolute atomic E-state index is 0.0575. The van der Waals surface area contributed by atoms with E-state index >= 15 is 0 Å². The van der Waals surface area contributed by atoms with Gasteiger partial charge in [-0.2, -0.15) is 0 Å². The molecule has 0 fully saturated rings. The highest BCUT2D eigenvalue weighted by atomic mass is 35.5. The van der Waals surface area contributed by atoms with Gasteiger partial charge >= 0.3 is 0 Å². The van der Waals surface area contributed by atoms with Crippen LogP contribution in [0, 0.1) is 0 Å². The van der Waals surface area contributed by atoms with Crippen molar-refractivity contribution in [2.75, 3.05) is 19.6 Å². The van der Waals surface area contributed by atoms with Crippen LogP contribution in [0.5, 0.6) is 0 Å². The lowest BCUT2D eigenvalue weighted by atomic mass is 10.1. The van der Waals surface area contributed by atoms with Crippen molar-refractivity contribution >= 4 is 23.4 Å². The molecule has 4 nitrogen and oxygen atoms in total. The molecule has 0 saturated carbocycles. The van der Waals surface area contributed by atoms with Gasteiger partial charge in [-0.25, -0.2) is 0 Å². The SMILES string of the molecule is C=CCN(CC(=O)NCCc1ccc(Cl)cc1)C(C)=O. The number of carbonyl (C=O) groups excluding carboxylic acids is 2. The normalized spacial score (nSPS) is 9.90. The Morgan fingerprint density at radius 3 is 2.55 bits per heavy atom. The third kappa shape index (κ3) is 5.89. The fourth-order valence-corrected chi connectivity index (χ4v) is 1.81. The number of hydrogen-bond acceptors (Lipinski definition) is 2. The maximum absolute atomic E-state index is 11.7. The van der Waals surface area contributed by atoms with Crippen molar-refractivity contribution in [3.63, 3.8) is 0 Å². The van der Waals surface area contributed by atoms with Gasteiger partial charge in [0, 0.05) is 25.0 Å².